The van der Waals surface area contributed by atoms with Gasteiger partial charge < -0.3 is 14.7 Å². The Hall–Kier alpha value is -2.90. The Balaban J connectivity index is 1.57. The van der Waals surface area contributed by atoms with Gasteiger partial charge in [0.15, 0.2) is 0 Å². The Morgan fingerprint density at radius 2 is 2.03 bits per heavy atom. The lowest BCUT2D eigenvalue weighted by molar-refractivity contribution is 0.344. The van der Waals surface area contributed by atoms with Crippen LogP contribution in [0.25, 0.3) is 16.8 Å². The van der Waals surface area contributed by atoms with Crippen molar-refractivity contribution in [3.05, 3.63) is 75.0 Å². The molecule has 0 radical (unpaired) electrons. The van der Waals surface area contributed by atoms with E-state index in [1.165, 1.54) is 23.5 Å². The molecule has 1 aliphatic heterocycles. The molecule has 1 aliphatic rings. The molecule has 0 amide bonds. The number of benzene rings is 2. The molecule has 2 N–H and O–H groups in total. The fourth-order valence-corrected chi connectivity index (χ4v) is 4.27. The van der Waals surface area contributed by atoms with Crippen LogP contribution in [0.15, 0.2) is 53.6 Å². The Bertz CT molecular complexity index is 1090. The fraction of sp³-hybridized carbons (Fsp3) is 0.143. The molecule has 2 heterocycles. The summed E-state index contributed by atoms with van der Waals surface area (Å²) in [7, 11) is 1.61. The van der Waals surface area contributed by atoms with E-state index in [9.17, 15) is 9.50 Å². The van der Waals surface area contributed by atoms with Gasteiger partial charge in [-0.15, -0.1) is 11.3 Å². The van der Waals surface area contributed by atoms with E-state index in [4.69, 9.17) is 21.7 Å². The van der Waals surface area contributed by atoms with E-state index in [0.29, 0.717) is 21.2 Å². The van der Waals surface area contributed by atoms with Crippen LogP contribution in [-0.4, -0.2) is 34.5 Å². The molecule has 0 unspecified atom stereocenters. The Morgan fingerprint density at radius 3 is 2.72 bits per heavy atom. The number of aliphatic hydroxyl groups excluding tert-OH is 1. The molecule has 2 aromatic carbocycles. The highest BCUT2D eigenvalue weighted by atomic mass is 35.5. The van der Waals surface area contributed by atoms with Gasteiger partial charge in [-0.1, -0.05) is 17.7 Å². The highest BCUT2D eigenvalue weighted by Gasteiger charge is 2.31. The number of hydrogen-bond acceptors (Lipinski definition) is 5. The van der Waals surface area contributed by atoms with Crippen LogP contribution in [0.5, 0.6) is 5.75 Å². The lowest BCUT2D eigenvalue weighted by Gasteiger charge is -2.19. The van der Waals surface area contributed by atoms with Crippen LogP contribution in [0.1, 0.15) is 10.6 Å². The molecule has 0 saturated heterocycles. The zero-order chi connectivity index (χ0) is 20.5. The van der Waals surface area contributed by atoms with Gasteiger partial charge in [-0.05, 0) is 36.4 Å². The average Bonchev–Trinajstić information content (AvgIpc) is 3.29. The van der Waals surface area contributed by atoms with Crippen LogP contribution in [0.2, 0.25) is 5.02 Å². The molecule has 5 nitrogen and oxygen atoms in total. The monoisotopic (exact) mass is 429 g/mol. The topological polar surface area (TPSA) is 69.4 Å². The number of thiazole rings is 1. The van der Waals surface area contributed by atoms with Crippen molar-refractivity contribution in [2.75, 3.05) is 13.7 Å². The zero-order valence-corrected chi connectivity index (χ0v) is 17.0. The second-order valence-electron chi connectivity index (χ2n) is 6.49. The van der Waals surface area contributed by atoms with Gasteiger partial charge in [-0.3, -0.25) is 5.41 Å². The number of aromatic nitrogens is 1. The molecule has 0 aliphatic carbocycles. The van der Waals surface area contributed by atoms with E-state index < -0.39 is 5.82 Å². The van der Waals surface area contributed by atoms with Crippen molar-refractivity contribution < 1.29 is 14.2 Å². The van der Waals surface area contributed by atoms with Crippen LogP contribution in [0, 0.1) is 11.2 Å². The Kier molecular flexibility index (Phi) is 5.25. The summed E-state index contributed by atoms with van der Waals surface area (Å²) in [4.78, 5) is 6.16. The first-order valence-corrected chi connectivity index (χ1v) is 10.0. The highest BCUT2D eigenvalue weighted by Crippen LogP contribution is 2.34. The van der Waals surface area contributed by atoms with Crippen LogP contribution in [0.4, 0.5) is 4.39 Å². The zero-order valence-electron chi connectivity index (χ0n) is 15.4. The third-order valence-electron chi connectivity index (χ3n) is 4.70. The number of halogens is 2. The maximum atomic E-state index is 14.1. The summed E-state index contributed by atoms with van der Waals surface area (Å²) in [5.74, 6) is 0.453. The first kappa shape index (κ1) is 19.4. The van der Waals surface area contributed by atoms with E-state index in [-0.39, 0.29) is 24.7 Å². The minimum Gasteiger partial charge on any atom is -0.510 e. The van der Waals surface area contributed by atoms with Crippen LogP contribution >= 0.6 is 22.9 Å². The van der Waals surface area contributed by atoms with Crippen molar-refractivity contribution in [3.63, 3.8) is 0 Å². The molecule has 8 heteroatoms. The normalized spacial score (nSPS) is 14.0. The van der Waals surface area contributed by atoms with Gasteiger partial charge in [0.05, 0.1) is 24.9 Å². The maximum Gasteiger partial charge on any atom is 0.135 e. The molecule has 4 rings (SSSR count). The lowest BCUT2D eigenvalue weighted by atomic mass is 10.1. The second kappa shape index (κ2) is 7.85. The first-order valence-electron chi connectivity index (χ1n) is 8.77. The quantitative estimate of drug-likeness (QED) is 0.571. The van der Waals surface area contributed by atoms with Gasteiger partial charge in [-0.2, -0.15) is 0 Å². The standard InChI is InChI=1S/C21H17ClFN3O2S/c1-28-13-7-5-12(6-8-13)17-11-29-21(25-17)19-18(27)10-26(20(19)24)9-14-15(22)3-2-4-16(14)23/h2-8,11,24,27H,9-10H2,1H3. The summed E-state index contributed by atoms with van der Waals surface area (Å²) in [5.41, 5.74) is 2.32. The molecular formula is C21H17ClFN3O2S. The number of amidine groups is 1. The number of aliphatic hydroxyl groups is 1. The molecular weight excluding hydrogens is 413 g/mol. The number of ether oxygens (including phenoxy) is 1. The second-order valence-corrected chi connectivity index (χ2v) is 7.76. The summed E-state index contributed by atoms with van der Waals surface area (Å²) >= 11 is 7.45. The van der Waals surface area contributed by atoms with Gasteiger partial charge in [0.2, 0.25) is 0 Å². The van der Waals surface area contributed by atoms with Crippen molar-refractivity contribution in [3.8, 4) is 17.0 Å². The minimum atomic E-state index is -0.436. The van der Waals surface area contributed by atoms with E-state index >= 15 is 0 Å². The van der Waals surface area contributed by atoms with Crippen molar-refractivity contribution in [1.82, 2.24) is 9.88 Å². The van der Waals surface area contributed by atoms with Crippen molar-refractivity contribution in [2.45, 2.75) is 6.54 Å². The largest absolute Gasteiger partial charge is 0.510 e. The first-order chi connectivity index (χ1) is 14.0. The fourth-order valence-electron chi connectivity index (χ4n) is 3.15. The molecule has 1 aromatic heterocycles. The highest BCUT2D eigenvalue weighted by molar-refractivity contribution is 7.11. The number of nitrogens with zero attached hydrogens (tertiary/aromatic N) is 2. The van der Waals surface area contributed by atoms with Crippen molar-refractivity contribution >= 4 is 34.3 Å². The summed E-state index contributed by atoms with van der Waals surface area (Å²) in [6.45, 7) is 0.199. The molecule has 0 atom stereocenters. The number of rotatable bonds is 5. The molecule has 0 saturated carbocycles. The molecule has 0 bridgehead atoms. The Labute approximate surface area is 176 Å². The van der Waals surface area contributed by atoms with Gasteiger partial charge in [0.1, 0.15) is 28.2 Å². The van der Waals surface area contributed by atoms with Gasteiger partial charge >= 0.3 is 0 Å². The van der Waals surface area contributed by atoms with Gasteiger partial charge in [0.25, 0.3) is 0 Å². The van der Waals surface area contributed by atoms with E-state index in [0.717, 1.165) is 17.0 Å². The summed E-state index contributed by atoms with van der Waals surface area (Å²) in [6, 6.07) is 12.0. The van der Waals surface area contributed by atoms with Crippen molar-refractivity contribution in [1.29, 1.82) is 5.41 Å². The molecule has 0 spiro atoms. The lowest BCUT2D eigenvalue weighted by Crippen LogP contribution is -2.26. The molecule has 3 aromatic rings. The SMILES string of the molecule is COc1ccc(-c2csc(C3=C(O)CN(Cc4c(F)cccc4Cl)C3=N)n2)cc1. The van der Waals surface area contributed by atoms with E-state index in [1.54, 1.807) is 18.1 Å². The van der Waals surface area contributed by atoms with Crippen LogP contribution in [-0.2, 0) is 6.54 Å². The summed E-state index contributed by atoms with van der Waals surface area (Å²) in [6.07, 6.45) is 0. The predicted molar refractivity (Wildman–Crippen MR) is 113 cm³/mol. The van der Waals surface area contributed by atoms with E-state index in [2.05, 4.69) is 4.98 Å². The number of hydrogen-bond donors (Lipinski definition) is 2. The van der Waals surface area contributed by atoms with Gasteiger partial charge in [0, 0.05) is 28.1 Å². The van der Waals surface area contributed by atoms with Crippen LogP contribution < -0.4 is 4.74 Å². The van der Waals surface area contributed by atoms with Crippen LogP contribution in [0.3, 0.4) is 0 Å². The Morgan fingerprint density at radius 1 is 1.28 bits per heavy atom. The molecule has 0 fully saturated rings. The van der Waals surface area contributed by atoms with E-state index in [1.807, 2.05) is 29.6 Å². The smallest absolute Gasteiger partial charge is 0.135 e. The predicted octanol–water partition coefficient (Wildman–Crippen LogP) is 5.37. The third-order valence-corrected chi connectivity index (χ3v) is 5.91. The minimum absolute atomic E-state index is 0.0399. The average molecular weight is 430 g/mol. The number of methoxy groups -OCH3 is 1. The molecule has 148 valence electrons. The number of nitrogens with one attached hydrogen (secondary N) is 1. The maximum absolute atomic E-state index is 14.1. The third kappa shape index (κ3) is 3.71. The summed E-state index contributed by atoms with van der Waals surface area (Å²) < 4.78 is 19.3. The van der Waals surface area contributed by atoms with Crippen molar-refractivity contribution in [2.24, 2.45) is 0 Å². The summed E-state index contributed by atoms with van der Waals surface area (Å²) in [5, 5.41) is 21.7. The molecule has 29 heavy (non-hydrogen) atoms. The van der Waals surface area contributed by atoms with Gasteiger partial charge in [-0.25, -0.2) is 9.37 Å².